The lowest BCUT2D eigenvalue weighted by Gasteiger charge is -2.37. The van der Waals surface area contributed by atoms with Crippen LogP contribution in [0.25, 0.3) is 0 Å². The third-order valence-electron chi connectivity index (χ3n) is 4.49. The van der Waals surface area contributed by atoms with Crippen LogP contribution in [0.2, 0.25) is 0 Å². The molecule has 0 heterocycles. The average Bonchev–Trinajstić information content (AvgIpc) is 3.05. The molecular formula is C13H26N2. The van der Waals surface area contributed by atoms with Gasteiger partial charge in [0.2, 0.25) is 0 Å². The van der Waals surface area contributed by atoms with Crippen LogP contribution in [0.15, 0.2) is 0 Å². The summed E-state index contributed by atoms with van der Waals surface area (Å²) in [5.74, 6) is 1.82. The first kappa shape index (κ1) is 11.4. The van der Waals surface area contributed by atoms with Crippen molar-refractivity contribution in [3.63, 3.8) is 0 Å². The number of rotatable bonds is 4. The van der Waals surface area contributed by atoms with E-state index >= 15 is 0 Å². The van der Waals surface area contributed by atoms with Gasteiger partial charge >= 0.3 is 0 Å². The predicted octanol–water partition coefficient (Wildman–Crippen LogP) is 2.23. The molecule has 2 rings (SSSR count). The van der Waals surface area contributed by atoms with Gasteiger partial charge in [-0.2, -0.15) is 0 Å². The maximum atomic E-state index is 5.96. The lowest BCUT2D eigenvalue weighted by Crippen LogP contribution is -2.45. The van der Waals surface area contributed by atoms with Crippen molar-refractivity contribution < 1.29 is 0 Å². The minimum atomic E-state index is 0.657. The first-order valence-electron chi connectivity index (χ1n) is 6.64. The second kappa shape index (κ2) is 4.84. The van der Waals surface area contributed by atoms with Crippen molar-refractivity contribution in [2.45, 2.75) is 57.5 Å². The summed E-state index contributed by atoms with van der Waals surface area (Å²) in [5.41, 5.74) is 5.96. The quantitative estimate of drug-likeness (QED) is 0.771. The predicted molar refractivity (Wildman–Crippen MR) is 64.7 cm³/mol. The number of hydrogen-bond donors (Lipinski definition) is 1. The maximum Gasteiger partial charge on any atom is 0.0246 e. The highest BCUT2D eigenvalue weighted by atomic mass is 15.2. The van der Waals surface area contributed by atoms with E-state index in [4.69, 9.17) is 5.73 Å². The first-order chi connectivity index (χ1) is 7.22. The van der Waals surface area contributed by atoms with Gasteiger partial charge in [0.1, 0.15) is 0 Å². The van der Waals surface area contributed by atoms with Gasteiger partial charge < -0.3 is 5.73 Å². The molecule has 88 valence electrons. The van der Waals surface area contributed by atoms with E-state index in [9.17, 15) is 0 Å². The summed E-state index contributed by atoms with van der Waals surface area (Å²) in [4.78, 5) is 2.57. The second-order valence-electron chi connectivity index (χ2n) is 5.72. The van der Waals surface area contributed by atoms with Crippen molar-refractivity contribution in [2.24, 2.45) is 17.6 Å². The topological polar surface area (TPSA) is 29.3 Å². The van der Waals surface area contributed by atoms with Gasteiger partial charge in [0.25, 0.3) is 0 Å². The molecule has 0 spiro atoms. The van der Waals surface area contributed by atoms with Crippen LogP contribution < -0.4 is 5.73 Å². The van der Waals surface area contributed by atoms with Gasteiger partial charge in [0.05, 0.1) is 0 Å². The molecule has 0 amide bonds. The normalized spacial score (nSPS) is 34.4. The third kappa shape index (κ3) is 2.73. The van der Waals surface area contributed by atoms with Crippen molar-refractivity contribution in [1.82, 2.24) is 4.90 Å². The molecule has 0 aromatic carbocycles. The largest absolute Gasteiger partial charge is 0.329 e. The van der Waals surface area contributed by atoms with Crippen LogP contribution in [0.4, 0.5) is 0 Å². The van der Waals surface area contributed by atoms with Crippen molar-refractivity contribution in [3.8, 4) is 0 Å². The number of likely N-dealkylation sites (N-methyl/N-ethyl adjacent to an activating group) is 1. The van der Waals surface area contributed by atoms with Gasteiger partial charge in [-0.1, -0.05) is 19.8 Å². The Morgan fingerprint density at radius 2 is 1.73 bits per heavy atom. The Morgan fingerprint density at radius 1 is 1.13 bits per heavy atom. The van der Waals surface area contributed by atoms with Gasteiger partial charge in [-0.15, -0.1) is 0 Å². The number of nitrogens with two attached hydrogens (primary N) is 1. The average molecular weight is 210 g/mol. The van der Waals surface area contributed by atoms with Crippen LogP contribution >= 0.6 is 0 Å². The third-order valence-corrected chi connectivity index (χ3v) is 4.49. The molecule has 0 saturated heterocycles. The van der Waals surface area contributed by atoms with Gasteiger partial charge in [-0.3, -0.25) is 4.90 Å². The maximum absolute atomic E-state index is 5.96. The zero-order chi connectivity index (χ0) is 10.8. The zero-order valence-corrected chi connectivity index (χ0v) is 10.3. The summed E-state index contributed by atoms with van der Waals surface area (Å²) >= 11 is 0. The van der Waals surface area contributed by atoms with Crippen molar-refractivity contribution in [2.75, 3.05) is 13.6 Å². The number of hydrogen-bond acceptors (Lipinski definition) is 2. The summed E-state index contributed by atoms with van der Waals surface area (Å²) in [6.45, 7) is 3.24. The van der Waals surface area contributed by atoms with Crippen LogP contribution in [0.3, 0.4) is 0 Å². The van der Waals surface area contributed by atoms with Crippen LogP contribution in [0, 0.1) is 11.8 Å². The molecule has 0 bridgehead atoms. The summed E-state index contributed by atoms with van der Waals surface area (Å²) in [7, 11) is 2.28. The zero-order valence-electron chi connectivity index (χ0n) is 10.3. The minimum absolute atomic E-state index is 0.657. The van der Waals surface area contributed by atoms with Crippen molar-refractivity contribution in [3.05, 3.63) is 0 Å². The lowest BCUT2D eigenvalue weighted by atomic mass is 9.79. The van der Waals surface area contributed by atoms with E-state index in [0.717, 1.165) is 24.4 Å². The monoisotopic (exact) mass is 210 g/mol. The summed E-state index contributed by atoms with van der Waals surface area (Å²) in [6, 6.07) is 1.52. The van der Waals surface area contributed by atoms with Crippen molar-refractivity contribution in [1.29, 1.82) is 0 Å². The molecule has 2 fully saturated rings. The Kier molecular flexibility index (Phi) is 3.68. The van der Waals surface area contributed by atoms with E-state index in [0.29, 0.717) is 6.04 Å². The fourth-order valence-corrected chi connectivity index (χ4v) is 3.11. The first-order valence-corrected chi connectivity index (χ1v) is 6.64. The van der Waals surface area contributed by atoms with Gasteiger partial charge in [0, 0.05) is 18.6 Å². The Hall–Kier alpha value is -0.0800. The lowest BCUT2D eigenvalue weighted by molar-refractivity contribution is 0.129. The molecule has 2 heteroatoms. The van der Waals surface area contributed by atoms with Gasteiger partial charge in [0.15, 0.2) is 0 Å². The second-order valence-corrected chi connectivity index (χ2v) is 5.72. The fourth-order valence-electron chi connectivity index (χ4n) is 3.11. The molecule has 0 aliphatic heterocycles. The van der Waals surface area contributed by atoms with Gasteiger partial charge in [-0.05, 0) is 44.6 Å². The highest BCUT2D eigenvalue weighted by Gasteiger charge is 2.35. The summed E-state index contributed by atoms with van der Waals surface area (Å²) in [6.07, 6.45) is 8.44. The fraction of sp³-hybridized carbons (Fsp3) is 1.00. The summed E-state index contributed by atoms with van der Waals surface area (Å²) in [5, 5.41) is 0. The van der Waals surface area contributed by atoms with E-state index in [1.165, 1.54) is 38.5 Å². The molecule has 2 aliphatic carbocycles. The molecule has 0 radical (unpaired) electrons. The Balaban J connectivity index is 1.87. The molecule has 1 unspecified atom stereocenters. The van der Waals surface area contributed by atoms with E-state index in [1.54, 1.807) is 0 Å². The number of nitrogens with zero attached hydrogens (tertiary/aromatic N) is 1. The SMILES string of the molecule is CC1CCC(C(CN)N(C)C2CC2)CC1. The van der Waals surface area contributed by atoms with Crippen LogP contribution in [-0.4, -0.2) is 30.6 Å². The highest BCUT2D eigenvalue weighted by Crippen LogP contribution is 2.35. The Morgan fingerprint density at radius 3 is 2.20 bits per heavy atom. The van der Waals surface area contributed by atoms with E-state index in [2.05, 4.69) is 18.9 Å². The Bertz CT molecular complexity index is 193. The minimum Gasteiger partial charge on any atom is -0.329 e. The molecule has 2 aliphatic rings. The standard InChI is InChI=1S/C13H26N2/c1-10-3-5-11(6-4-10)13(9-14)15(2)12-7-8-12/h10-13H,3-9,14H2,1-2H3. The molecule has 2 saturated carbocycles. The van der Waals surface area contributed by atoms with E-state index in [-0.39, 0.29) is 0 Å². The van der Waals surface area contributed by atoms with Crippen LogP contribution in [0.5, 0.6) is 0 Å². The van der Waals surface area contributed by atoms with Gasteiger partial charge in [-0.25, -0.2) is 0 Å². The molecule has 0 aromatic heterocycles. The molecule has 2 nitrogen and oxygen atoms in total. The van der Waals surface area contributed by atoms with Crippen LogP contribution in [-0.2, 0) is 0 Å². The van der Waals surface area contributed by atoms with Crippen molar-refractivity contribution >= 4 is 0 Å². The van der Waals surface area contributed by atoms with E-state index in [1.807, 2.05) is 0 Å². The molecule has 1 atom stereocenters. The van der Waals surface area contributed by atoms with E-state index < -0.39 is 0 Å². The molecular weight excluding hydrogens is 184 g/mol. The smallest absolute Gasteiger partial charge is 0.0246 e. The molecule has 15 heavy (non-hydrogen) atoms. The molecule has 0 aromatic rings. The highest BCUT2D eigenvalue weighted by molar-refractivity contribution is 4.91. The Labute approximate surface area is 94.2 Å². The molecule has 2 N–H and O–H groups in total. The summed E-state index contributed by atoms with van der Waals surface area (Å²) < 4.78 is 0. The van der Waals surface area contributed by atoms with Crippen LogP contribution in [0.1, 0.15) is 45.4 Å².